The number of fused-ring (bicyclic) bond motifs is 1. The molecule has 1 aliphatic heterocycles. The van der Waals surface area contributed by atoms with Gasteiger partial charge in [-0.3, -0.25) is 0 Å². The van der Waals surface area contributed by atoms with E-state index in [2.05, 4.69) is 4.72 Å². The first-order valence-corrected chi connectivity index (χ1v) is 10.1. The zero-order chi connectivity index (χ0) is 19.8. The molecule has 2 aromatic carbocycles. The van der Waals surface area contributed by atoms with Crippen LogP contribution < -0.4 is 9.46 Å². The van der Waals surface area contributed by atoms with Crippen LogP contribution in [0.25, 0.3) is 0 Å². The van der Waals surface area contributed by atoms with Crippen LogP contribution in [-0.4, -0.2) is 27.1 Å². The summed E-state index contributed by atoms with van der Waals surface area (Å²) < 4.78 is 39.4. The number of carbonyl (C=O) groups is 1. The number of para-hydroxylation sites is 1. The first kappa shape index (κ1) is 19.4. The quantitative estimate of drug-likeness (QED) is 0.811. The Labute approximate surface area is 159 Å². The van der Waals surface area contributed by atoms with Gasteiger partial charge in [0.05, 0.1) is 23.6 Å². The zero-order valence-corrected chi connectivity index (χ0v) is 16.6. The number of hydrogen-bond acceptors (Lipinski definition) is 5. The summed E-state index contributed by atoms with van der Waals surface area (Å²) in [6.45, 7) is 5.57. The maximum absolute atomic E-state index is 13.0. The van der Waals surface area contributed by atoms with Crippen LogP contribution in [-0.2, 0) is 14.8 Å². The first-order valence-electron chi connectivity index (χ1n) is 8.62. The molecular formula is C20H23NO5S. The summed E-state index contributed by atoms with van der Waals surface area (Å²) in [6, 6.07) is 11.4. The molecule has 0 bridgehead atoms. The Bertz CT molecular complexity index is 982. The minimum Gasteiger partial charge on any atom is -0.487 e. The van der Waals surface area contributed by atoms with Gasteiger partial charge in [0, 0.05) is 12.0 Å². The molecule has 0 aliphatic carbocycles. The molecule has 0 saturated carbocycles. The van der Waals surface area contributed by atoms with Gasteiger partial charge in [-0.05, 0) is 44.5 Å². The van der Waals surface area contributed by atoms with Gasteiger partial charge in [-0.25, -0.2) is 17.9 Å². The lowest BCUT2D eigenvalue weighted by Gasteiger charge is -2.37. The van der Waals surface area contributed by atoms with Crippen molar-refractivity contribution in [1.82, 2.24) is 4.72 Å². The fourth-order valence-corrected chi connectivity index (χ4v) is 4.50. The van der Waals surface area contributed by atoms with E-state index in [9.17, 15) is 13.2 Å². The lowest BCUT2D eigenvalue weighted by Crippen LogP contribution is -2.41. The number of rotatable bonds is 4. The highest BCUT2D eigenvalue weighted by molar-refractivity contribution is 7.89. The van der Waals surface area contributed by atoms with Crippen molar-refractivity contribution in [2.24, 2.45) is 0 Å². The SMILES string of the molecule is COC(=O)c1cc(S(=O)(=O)N[C@@H]2CC(C)(C)Oc3ccccc32)ccc1C. The molecule has 3 rings (SSSR count). The Morgan fingerprint density at radius 2 is 1.93 bits per heavy atom. The molecule has 0 spiro atoms. The van der Waals surface area contributed by atoms with E-state index < -0.39 is 27.6 Å². The summed E-state index contributed by atoms with van der Waals surface area (Å²) in [5.74, 6) is 0.0997. The normalized spacial score (nSPS) is 18.3. The highest BCUT2D eigenvalue weighted by atomic mass is 32.2. The number of carbonyl (C=O) groups excluding carboxylic acids is 1. The van der Waals surface area contributed by atoms with Crippen LogP contribution in [0.1, 0.15) is 47.8 Å². The molecule has 0 fully saturated rings. The van der Waals surface area contributed by atoms with Crippen LogP contribution in [0.2, 0.25) is 0 Å². The Hall–Kier alpha value is -2.38. The van der Waals surface area contributed by atoms with E-state index >= 15 is 0 Å². The van der Waals surface area contributed by atoms with Crippen LogP contribution >= 0.6 is 0 Å². The van der Waals surface area contributed by atoms with Gasteiger partial charge in [0.2, 0.25) is 10.0 Å². The molecule has 0 radical (unpaired) electrons. The van der Waals surface area contributed by atoms with Crippen molar-refractivity contribution >= 4 is 16.0 Å². The Balaban J connectivity index is 1.97. The lowest BCUT2D eigenvalue weighted by molar-refractivity contribution is 0.0599. The standard InChI is InChI=1S/C20H23NO5S/c1-13-9-10-14(11-16(13)19(22)25-4)27(23,24)21-17-12-20(2,3)26-18-8-6-5-7-15(17)18/h5-11,17,21H,12H2,1-4H3/t17-/m1/s1. The highest BCUT2D eigenvalue weighted by Crippen LogP contribution is 2.39. The summed E-state index contributed by atoms with van der Waals surface area (Å²) in [4.78, 5) is 11.9. The molecule has 0 aromatic heterocycles. The first-order chi connectivity index (χ1) is 12.6. The summed E-state index contributed by atoms with van der Waals surface area (Å²) in [5, 5.41) is 0. The second-order valence-corrected chi connectivity index (χ2v) is 8.96. The van der Waals surface area contributed by atoms with Gasteiger partial charge in [0.15, 0.2) is 0 Å². The second kappa shape index (κ2) is 6.98. The van der Waals surface area contributed by atoms with Crippen molar-refractivity contribution in [3.63, 3.8) is 0 Å². The van der Waals surface area contributed by atoms with Gasteiger partial charge >= 0.3 is 5.97 Å². The van der Waals surface area contributed by atoms with E-state index in [1.54, 1.807) is 13.0 Å². The van der Waals surface area contributed by atoms with Gasteiger partial charge in [-0.15, -0.1) is 0 Å². The van der Waals surface area contributed by atoms with Gasteiger partial charge in [0.1, 0.15) is 11.4 Å². The summed E-state index contributed by atoms with van der Waals surface area (Å²) in [6.07, 6.45) is 0.485. The summed E-state index contributed by atoms with van der Waals surface area (Å²) >= 11 is 0. The third-order valence-corrected chi connectivity index (χ3v) is 6.07. The summed E-state index contributed by atoms with van der Waals surface area (Å²) in [7, 11) is -2.58. The molecule has 0 saturated heterocycles. The van der Waals surface area contributed by atoms with E-state index in [-0.39, 0.29) is 10.5 Å². The topological polar surface area (TPSA) is 81.7 Å². The van der Waals surface area contributed by atoms with Gasteiger partial charge in [-0.1, -0.05) is 24.3 Å². The summed E-state index contributed by atoms with van der Waals surface area (Å²) in [5.41, 5.74) is 1.17. The minimum atomic E-state index is -3.85. The fraction of sp³-hybridized carbons (Fsp3) is 0.350. The minimum absolute atomic E-state index is 0.0234. The molecule has 7 heteroatoms. The van der Waals surface area contributed by atoms with Crippen LogP contribution in [0.3, 0.4) is 0 Å². The van der Waals surface area contributed by atoms with Crippen molar-refractivity contribution in [1.29, 1.82) is 0 Å². The number of methoxy groups -OCH3 is 1. The van der Waals surface area contributed by atoms with Crippen molar-refractivity contribution in [2.75, 3.05) is 7.11 Å². The molecule has 144 valence electrons. The number of hydrogen-bond donors (Lipinski definition) is 1. The highest BCUT2D eigenvalue weighted by Gasteiger charge is 2.36. The molecule has 1 heterocycles. The van der Waals surface area contributed by atoms with E-state index in [1.165, 1.54) is 19.2 Å². The lowest BCUT2D eigenvalue weighted by atomic mass is 9.90. The maximum Gasteiger partial charge on any atom is 0.338 e. The molecule has 1 aliphatic rings. The molecule has 27 heavy (non-hydrogen) atoms. The van der Waals surface area contributed by atoms with E-state index in [1.807, 2.05) is 38.1 Å². The van der Waals surface area contributed by atoms with E-state index in [0.29, 0.717) is 17.7 Å². The molecule has 1 N–H and O–H groups in total. The molecule has 6 nitrogen and oxygen atoms in total. The Morgan fingerprint density at radius 1 is 1.22 bits per heavy atom. The number of ether oxygens (including phenoxy) is 2. The van der Waals surface area contributed by atoms with Crippen molar-refractivity contribution in [3.05, 3.63) is 59.2 Å². The number of esters is 1. The van der Waals surface area contributed by atoms with Gasteiger partial charge in [-0.2, -0.15) is 0 Å². The molecular weight excluding hydrogens is 366 g/mol. The number of benzene rings is 2. The smallest absolute Gasteiger partial charge is 0.338 e. The second-order valence-electron chi connectivity index (χ2n) is 7.25. The largest absolute Gasteiger partial charge is 0.487 e. The Kier molecular flexibility index (Phi) is 5.01. The fourth-order valence-electron chi connectivity index (χ4n) is 3.26. The van der Waals surface area contributed by atoms with E-state index in [4.69, 9.17) is 9.47 Å². The van der Waals surface area contributed by atoms with E-state index in [0.717, 1.165) is 5.56 Å². The average molecular weight is 389 g/mol. The molecule has 0 unspecified atom stereocenters. The molecule has 0 amide bonds. The van der Waals surface area contributed by atoms with Crippen molar-refractivity contribution in [2.45, 2.75) is 43.7 Å². The van der Waals surface area contributed by atoms with Gasteiger partial charge < -0.3 is 9.47 Å². The van der Waals surface area contributed by atoms with Crippen molar-refractivity contribution < 1.29 is 22.7 Å². The molecule has 1 atom stereocenters. The maximum atomic E-state index is 13.0. The predicted octanol–water partition coefficient (Wildman–Crippen LogP) is 3.36. The van der Waals surface area contributed by atoms with Gasteiger partial charge in [0.25, 0.3) is 0 Å². The Morgan fingerprint density at radius 3 is 2.63 bits per heavy atom. The van der Waals surface area contributed by atoms with Crippen LogP contribution in [0, 0.1) is 6.92 Å². The third kappa shape index (κ3) is 3.99. The number of nitrogens with one attached hydrogen (secondary N) is 1. The zero-order valence-electron chi connectivity index (χ0n) is 15.8. The van der Waals surface area contributed by atoms with Crippen LogP contribution in [0.4, 0.5) is 0 Å². The number of sulfonamides is 1. The molecule has 2 aromatic rings. The van der Waals surface area contributed by atoms with Crippen molar-refractivity contribution in [3.8, 4) is 5.75 Å². The average Bonchev–Trinajstić information content (AvgIpc) is 2.60. The third-order valence-electron chi connectivity index (χ3n) is 4.60. The van der Waals surface area contributed by atoms with Crippen LogP contribution in [0.15, 0.2) is 47.4 Å². The predicted molar refractivity (Wildman–Crippen MR) is 101 cm³/mol. The van der Waals surface area contributed by atoms with Crippen LogP contribution in [0.5, 0.6) is 5.75 Å². The number of aryl methyl sites for hydroxylation is 1. The monoisotopic (exact) mass is 389 g/mol.